The molecular formula is C15H19N3O3S. The Morgan fingerprint density at radius 1 is 1.23 bits per heavy atom. The Morgan fingerprint density at radius 3 is 2.68 bits per heavy atom. The molecule has 22 heavy (non-hydrogen) atoms. The Bertz CT molecular complexity index is 612. The molecule has 2 aromatic heterocycles. The highest BCUT2D eigenvalue weighted by molar-refractivity contribution is 7.13. The molecule has 0 saturated carbocycles. The molecule has 0 N–H and O–H groups in total. The molecule has 1 atom stereocenters. The van der Waals surface area contributed by atoms with Gasteiger partial charge < -0.3 is 13.9 Å². The van der Waals surface area contributed by atoms with Gasteiger partial charge in [0, 0.05) is 25.9 Å². The minimum absolute atomic E-state index is 0.111. The normalized spacial score (nSPS) is 23.1. The van der Waals surface area contributed by atoms with Gasteiger partial charge in [0.05, 0.1) is 24.1 Å². The fourth-order valence-electron chi connectivity index (χ4n) is 3.10. The fraction of sp³-hybridized carbons (Fsp3) is 0.600. The summed E-state index contributed by atoms with van der Waals surface area (Å²) in [5, 5.41) is 10.4. The molecule has 2 fully saturated rings. The Labute approximate surface area is 133 Å². The zero-order chi connectivity index (χ0) is 15.0. The van der Waals surface area contributed by atoms with E-state index in [0.29, 0.717) is 25.0 Å². The number of aromatic nitrogens is 2. The smallest absolute Gasteiger partial charge is 0.257 e. The number of rotatable bonds is 3. The SMILES string of the molecule is C[C@H](c1nnc(-c2cccs2)o1)N1CCC2(CC1)OCCO2. The van der Waals surface area contributed by atoms with E-state index in [1.165, 1.54) is 0 Å². The van der Waals surface area contributed by atoms with Gasteiger partial charge in [0.2, 0.25) is 5.89 Å². The maximum atomic E-state index is 5.84. The molecular weight excluding hydrogens is 302 g/mol. The zero-order valence-corrected chi connectivity index (χ0v) is 13.3. The molecule has 2 saturated heterocycles. The van der Waals surface area contributed by atoms with Crippen LogP contribution in [0.25, 0.3) is 10.8 Å². The highest BCUT2D eigenvalue weighted by Gasteiger charge is 2.41. The summed E-state index contributed by atoms with van der Waals surface area (Å²) in [6.07, 6.45) is 1.78. The summed E-state index contributed by atoms with van der Waals surface area (Å²) in [6.45, 7) is 5.36. The van der Waals surface area contributed by atoms with Gasteiger partial charge in [-0.2, -0.15) is 0 Å². The lowest BCUT2D eigenvalue weighted by Crippen LogP contribution is -2.45. The second-order valence-electron chi connectivity index (χ2n) is 5.74. The predicted molar refractivity (Wildman–Crippen MR) is 81.5 cm³/mol. The van der Waals surface area contributed by atoms with E-state index in [0.717, 1.165) is 30.8 Å². The first-order chi connectivity index (χ1) is 10.8. The molecule has 118 valence electrons. The van der Waals surface area contributed by atoms with Crippen molar-refractivity contribution in [2.45, 2.75) is 31.6 Å². The number of likely N-dealkylation sites (tertiary alicyclic amines) is 1. The van der Waals surface area contributed by atoms with E-state index < -0.39 is 0 Å². The second kappa shape index (κ2) is 5.73. The van der Waals surface area contributed by atoms with Gasteiger partial charge in [-0.3, -0.25) is 4.90 Å². The van der Waals surface area contributed by atoms with Crippen LogP contribution < -0.4 is 0 Å². The van der Waals surface area contributed by atoms with Crippen molar-refractivity contribution in [3.8, 4) is 10.8 Å². The Morgan fingerprint density at radius 2 is 2.00 bits per heavy atom. The van der Waals surface area contributed by atoms with Crippen molar-refractivity contribution in [2.24, 2.45) is 0 Å². The van der Waals surface area contributed by atoms with E-state index in [4.69, 9.17) is 13.9 Å². The molecule has 0 radical (unpaired) electrons. The lowest BCUT2D eigenvalue weighted by molar-refractivity contribution is -0.188. The van der Waals surface area contributed by atoms with Crippen LogP contribution >= 0.6 is 11.3 Å². The highest BCUT2D eigenvalue weighted by Crippen LogP contribution is 2.34. The van der Waals surface area contributed by atoms with Crippen molar-refractivity contribution in [3.63, 3.8) is 0 Å². The van der Waals surface area contributed by atoms with Crippen LogP contribution in [0, 0.1) is 0 Å². The first-order valence-corrected chi connectivity index (χ1v) is 8.53. The molecule has 0 aromatic carbocycles. The maximum absolute atomic E-state index is 5.84. The van der Waals surface area contributed by atoms with E-state index in [2.05, 4.69) is 22.0 Å². The fourth-order valence-corrected chi connectivity index (χ4v) is 3.74. The summed E-state index contributed by atoms with van der Waals surface area (Å²) in [5.41, 5.74) is 0. The standard InChI is InChI=1S/C15H19N3O3S/c1-11(13-16-17-14(21-13)12-3-2-10-22-12)18-6-4-15(5-7-18)19-8-9-20-15/h2-3,10-11H,4-9H2,1H3/t11-/m1/s1. The number of thiophene rings is 1. The summed E-state index contributed by atoms with van der Waals surface area (Å²) in [4.78, 5) is 3.36. The van der Waals surface area contributed by atoms with Crippen molar-refractivity contribution in [2.75, 3.05) is 26.3 Å². The Balaban J connectivity index is 1.43. The number of hydrogen-bond donors (Lipinski definition) is 0. The number of piperidine rings is 1. The van der Waals surface area contributed by atoms with Crippen LogP contribution in [-0.2, 0) is 9.47 Å². The summed E-state index contributed by atoms with van der Waals surface area (Å²) < 4.78 is 17.4. The third-order valence-electron chi connectivity index (χ3n) is 4.45. The molecule has 0 aliphatic carbocycles. The average Bonchev–Trinajstić information content (AvgIpc) is 3.29. The lowest BCUT2D eigenvalue weighted by atomic mass is 10.0. The van der Waals surface area contributed by atoms with Crippen LogP contribution in [0.4, 0.5) is 0 Å². The predicted octanol–water partition coefficient (Wildman–Crippen LogP) is 2.70. The largest absolute Gasteiger partial charge is 0.418 e. The van der Waals surface area contributed by atoms with Crippen LogP contribution in [0.3, 0.4) is 0 Å². The van der Waals surface area contributed by atoms with Gasteiger partial charge in [-0.15, -0.1) is 21.5 Å². The molecule has 6 nitrogen and oxygen atoms in total. The van der Waals surface area contributed by atoms with Crippen LogP contribution in [0.1, 0.15) is 31.7 Å². The van der Waals surface area contributed by atoms with Crippen molar-refractivity contribution in [3.05, 3.63) is 23.4 Å². The first-order valence-electron chi connectivity index (χ1n) is 7.65. The van der Waals surface area contributed by atoms with Crippen LogP contribution in [0.15, 0.2) is 21.9 Å². The van der Waals surface area contributed by atoms with Gasteiger partial charge in [-0.25, -0.2) is 0 Å². The third-order valence-corrected chi connectivity index (χ3v) is 5.31. The highest BCUT2D eigenvalue weighted by atomic mass is 32.1. The minimum Gasteiger partial charge on any atom is -0.418 e. The van der Waals surface area contributed by atoms with E-state index in [9.17, 15) is 0 Å². The molecule has 0 amide bonds. The van der Waals surface area contributed by atoms with Gasteiger partial charge in [-0.1, -0.05) is 6.07 Å². The summed E-state index contributed by atoms with van der Waals surface area (Å²) in [5.74, 6) is 0.938. The minimum atomic E-state index is -0.340. The topological polar surface area (TPSA) is 60.6 Å². The molecule has 2 aliphatic heterocycles. The molecule has 7 heteroatoms. The van der Waals surface area contributed by atoms with E-state index in [1.54, 1.807) is 11.3 Å². The Kier molecular flexibility index (Phi) is 3.73. The van der Waals surface area contributed by atoms with E-state index in [-0.39, 0.29) is 11.8 Å². The number of ether oxygens (including phenoxy) is 2. The zero-order valence-electron chi connectivity index (χ0n) is 12.5. The average molecular weight is 321 g/mol. The van der Waals surface area contributed by atoms with Gasteiger partial charge in [0.1, 0.15) is 0 Å². The molecule has 0 unspecified atom stereocenters. The van der Waals surface area contributed by atoms with Gasteiger partial charge in [0.15, 0.2) is 5.79 Å². The summed E-state index contributed by atoms with van der Waals surface area (Å²) >= 11 is 1.61. The summed E-state index contributed by atoms with van der Waals surface area (Å²) in [6, 6.07) is 4.09. The van der Waals surface area contributed by atoms with Crippen molar-refractivity contribution in [1.29, 1.82) is 0 Å². The molecule has 1 spiro atoms. The monoisotopic (exact) mass is 321 g/mol. The number of hydrogen-bond acceptors (Lipinski definition) is 7. The van der Waals surface area contributed by atoms with Gasteiger partial charge >= 0.3 is 0 Å². The van der Waals surface area contributed by atoms with Crippen LogP contribution in [0.5, 0.6) is 0 Å². The summed E-state index contributed by atoms with van der Waals surface area (Å²) in [7, 11) is 0. The molecule has 2 aliphatic rings. The second-order valence-corrected chi connectivity index (χ2v) is 6.69. The van der Waals surface area contributed by atoms with E-state index >= 15 is 0 Å². The molecule has 4 heterocycles. The van der Waals surface area contributed by atoms with Gasteiger partial charge in [-0.05, 0) is 18.4 Å². The van der Waals surface area contributed by atoms with Crippen molar-refractivity contribution in [1.82, 2.24) is 15.1 Å². The lowest BCUT2D eigenvalue weighted by Gasteiger charge is -2.39. The maximum Gasteiger partial charge on any atom is 0.257 e. The van der Waals surface area contributed by atoms with Crippen molar-refractivity contribution >= 4 is 11.3 Å². The van der Waals surface area contributed by atoms with Gasteiger partial charge in [0.25, 0.3) is 5.89 Å². The molecule has 2 aromatic rings. The first kappa shape index (κ1) is 14.3. The Hall–Kier alpha value is -1.28. The van der Waals surface area contributed by atoms with Crippen LogP contribution in [0.2, 0.25) is 0 Å². The molecule has 4 rings (SSSR count). The quantitative estimate of drug-likeness (QED) is 0.866. The molecule has 0 bridgehead atoms. The van der Waals surface area contributed by atoms with Crippen LogP contribution in [-0.4, -0.2) is 47.2 Å². The third kappa shape index (κ3) is 2.58. The van der Waals surface area contributed by atoms with E-state index in [1.807, 2.05) is 17.5 Å². The number of nitrogens with zero attached hydrogens (tertiary/aromatic N) is 3. The van der Waals surface area contributed by atoms with Crippen molar-refractivity contribution < 1.29 is 13.9 Å².